The highest BCUT2D eigenvalue weighted by atomic mass is 32.2. The van der Waals surface area contributed by atoms with Crippen molar-refractivity contribution in [2.75, 3.05) is 25.2 Å². The number of esters is 1. The number of carbonyl (C=O) groups excluding carboxylic acids is 3. The summed E-state index contributed by atoms with van der Waals surface area (Å²) in [5, 5.41) is 2.79. The highest BCUT2D eigenvalue weighted by molar-refractivity contribution is 7.98. The van der Waals surface area contributed by atoms with Crippen molar-refractivity contribution < 1.29 is 23.9 Å². The lowest BCUT2D eigenvalue weighted by atomic mass is 10.0. The van der Waals surface area contributed by atoms with Crippen LogP contribution in [-0.4, -0.2) is 60.1 Å². The van der Waals surface area contributed by atoms with E-state index >= 15 is 0 Å². The summed E-state index contributed by atoms with van der Waals surface area (Å²) in [6.07, 6.45) is 4.12. The topological polar surface area (TPSA) is 84.9 Å². The van der Waals surface area contributed by atoms with Crippen molar-refractivity contribution in [3.63, 3.8) is 0 Å². The van der Waals surface area contributed by atoms with Gasteiger partial charge in [0.05, 0.1) is 6.61 Å². The molecule has 1 aliphatic rings. The zero-order valence-electron chi connectivity index (χ0n) is 17.1. The molecule has 1 aliphatic heterocycles. The van der Waals surface area contributed by atoms with E-state index in [1.165, 1.54) is 4.90 Å². The van der Waals surface area contributed by atoms with Crippen LogP contribution in [-0.2, 0) is 25.7 Å². The van der Waals surface area contributed by atoms with Crippen molar-refractivity contribution in [1.82, 2.24) is 10.2 Å². The number of thioether (sulfide) groups is 1. The summed E-state index contributed by atoms with van der Waals surface area (Å²) in [6, 6.07) is 8.06. The fourth-order valence-electron chi connectivity index (χ4n) is 3.22. The Morgan fingerprint density at radius 3 is 2.66 bits per heavy atom. The molecule has 2 rings (SSSR count). The lowest BCUT2D eigenvalue weighted by Crippen LogP contribution is -2.55. The molecule has 0 spiro atoms. The standard InChI is InChI=1S/C21H30N2O5S/c1-3-27-20(25)17(12-14-29-2)22-19(24)18-11-7-8-13-23(18)21(26)28-15-16-9-5-4-6-10-16/h4-6,9-10,17-18H,3,7-8,11-15H2,1-2H3,(H,22,24)/t17-,18?/m0/s1. The SMILES string of the molecule is CCOC(=O)[C@H](CCSC)NC(=O)C1CCCCN1C(=O)OCc1ccccc1. The number of hydrogen-bond acceptors (Lipinski definition) is 6. The first-order chi connectivity index (χ1) is 14.1. The van der Waals surface area contributed by atoms with Crippen molar-refractivity contribution in [3.05, 3.63) is 35.9 Å². The summed E-state index contributed by atoms with van der Waals surface area (Å²) in [5.74, 6) is -0.0542. The van der Waals surface area contributed by atoms with Gasteiger partial charge in [-0.1, -0.05) is 30.3 Å². The van der Waals surface area contributed by atoms with E-state index in [0.717, 1.165) is 24.2 Å². The first kappa shape index (κ1) is 23.1. The van der Waals surface area contributed by atoms with Crippen molar-refractivity contribution in [2.45, 2.75) is 51.3 Å². The Hall–Kier alpha value is -2.22. The number of benzene rings is 1. The summed E-state index contributed by atoms with van der Waals surface area (Å²) < 4.78 is 10.5. The van der Waals surface area contributed by atoms with E-state index in [9.17, 15) is 14.4 Å². The number of piperidine rings is 1. The maximum atomic E-state index is 12.9. The predicted molar refractivity (Wildman–Crippen MR) is 113 cm³/mol. The highest BCUT2D eigenvalue weighted by Gasteiger charge is 2.35. The van der Waals surface area contributed by atoms with Gasteiger partial charge in [-0.25, -0.2) is 9.59 Å². The van der Waals surface area contributed by atoms with Gasteiger partial charge in [0.15, 0.2) is 0 Å². The second-order valence-electron chi connectivity index (χ2n) is 6.84. The van der Waals surface area contributed by atoms with Crippen LogP contribution in [0.15, 0.2) is 30.3 Å². The molecule has 160 valence electrons. The van der Waals surface area contributed by atoms with Gasteiger partial charge in [0, 0.05) is 6.54 Å². The van der Waals surface area contributed by atoms with E-state index in [0.29, 0.717) is 19.4 Å². The Labute approximate surface area is 176 Å². The van der Waals surface area contributed by atoms with Gasteiger partial charge in [0.1, 0.15) is 18.7 Å². The Bertz CT molecular complexity index is 670. The van der Waals surface area contributed by atoms with Crippen molar-refractivity contribution in [1.29, 1.82) is 0 Å². The van der Waals surface area contributed by atoms with Gasteiger partial charge in [-0.3, -0.25) is 9.69 Å². The second kappa shape index (κ2) is 12.4. The van der Waals surface area contributed by atoms with E-state index in [2.05, 4.69) is 5.32 Å². The van der Waals surface area contributed by atoms with Gasteiger partial charge >= 0.3 is 12.1 Å². The molecule has 0 aromatic heterocycles. The highest BCUT2D eigenvalue weighted by Crippen LogP contribution is 2.19. The van der Waals surface area contributed by atoms with E-state index in [-0.39, 0.29) is 19.1 Å². The zero-order valence-corrected chi connectivity index (χ0v) is 17.9. The molecule has 1 aromatic carbocycles. The van der Waals surface area contributed by atoms with Gasteiger partial charge < -0.3 is 14.8 Å². The van der Waals surface area contributed by atoms with Crippen molar-refractivity contribution in [2.24, 2.45) is 0 Å². The summed E-state index contributed by atoms with van der Waals surface area (Å²) in [7, 11) is 0. The number of nitrogens with one attached hydrogen (secondary N) is 1. The first-order valence-electron chi connectivity index (χ1n) is 10.00. The molecule has 1 fully saturated rings. The molecule has 0 aliphatic carbocycles. The van der Waals surface area contributed by atoms with Crippen LogP contribution in [0.1, 0.15) is 38.2 Å². The Balaban J connectivity index is 1.99. The second-order valence-corrected chi connectivity index (χ2v) is 7.83. The van der Waals surface area contributed by atoms with Crippen LogP contribution in [0, 0.1) is 0 Å². The molecule has 8 heteroatoms. The van der Waals surface area contributed by atoms with Crippen LogP contribution < -0.4 is 5.32 Å². The van der Waals surface area contributed by atoms with Gasteiger partial charge in [0.25, 0.3) is 0 Å². The summed E-state index contributed by atoms with van der Waals surface area (Å²) >= 11 is 1.59. The van der Waals surface area contributed by atoms with Gasteiger partial charge in [0.2, 0.25) is 5.91 Å². The van der Waals surface area contributed by atoms with E-state index in [1.807, 2.05) is 36.6 Å². The van der Waals surface area contributed by atoms with Gasteiger partial charge in [-0.2, -0.15) is 11.8 Å². The third-order valence-corrected chi connectivity index (χ3v) is 5.39. The number of nitrogens with zero attached hydrogens (tertiary/aromatic N) is 1. The van der Waals surface area contributed by atoms with Crippen LogP contribution in [0.25, 0.3) is 0 Å². The van der Waals surface area contributed by atoms with Crippen molar-refractivity contribution >= 4 is 29.7 Å². The van der Waals surface area contributed by atoms with E-state index in [4.69, 9.17) is 9.47 Å². The molecular weight excluding hydrogens is 392 g/mol. The zero-order chi connectivity index (χ0) is 21.1. The maximum absolute atomic E-state index is 12.9. The smallest absolute Gasteiger partial charge is 0.410 e. The molecule has 0 saturated carbocycles. The molecule has 7 nitrogen and oxygen atoms in total. The van der Waals surface area contributed by atoms with Gasteiger partial charge in [-0.05, 0) is 50.2 Å². The van der Waals surface area contributed by atoms with Crippen LogP contribution in [0.4, 0.5) is 4.79 Å². The summed E-state index contributed by atoms with van der Waals surface area (Å²) in [4.78, 5) is 39.2. The molecular formula is C21H30N2O5S. The molecule has 2 amide bonds. The van der Waals surface area contributed by atoms with E-state index < -0.39 is 24.1 Å². The fraction of sp³-hybridized carbons (Fsp3) is 0.571. The van der Waals surface area contributed by atoms with Crippen LogP contribution in [0.5, 0.6) is 0 Å². The molecule has 2 atom stereocenters. The molecule has 29 heavy (non-hydrogen) atoms. The summed E-state index contributed by atoms with van der Waals surface area (Å²) in [6.45, 7) is 2.60. The largest absolute Gasteiger partial charge is 0.464 e. The van der Waals surface area contributed by atoms with Crippen LogP contribution in [0.3, 0.4) is 0 Å². The fourth-order valence-corrected chi connectivity index (χ4v) is 3.69. The number of ether oxygens (including phenoxy) is 2. The number of hydrogen-bond donors (Lipinski definition) is 1. The Morgan fingerprint density at radius 2 is 1.97 bits per heavy atom. The van der Waals surface area contributed by atoms with E-state index in [1.54, 1.807) is 18.7 Å². The number of amides is 2. The molecule has 0 radical (unpaired) electrons. The van der Waals surface area contributed by atoms with Gasteiger partial charge in [-0.15, -0.1) is 0 Å². The van der Waals surface area contributed by atoms with Crippen molar-refractivity contribution in [3.8, 4) is 0 Å². The lowest BCUT2D eigenvalue weighted by Gasteiger charge is -2.34. The molecule has 1 saturated heterocycles. The lowest BCUT2D eigenvalue weighted by molar-refractivity contribution is -0.148. The van der Waals surface area contributed by atoms with Crippen LogP contribution in [0.2, 0.25) is 0 Å². The minimum atomic E-state index is -0.709. The quantitative estimate of drug-likeness (QED) is 0.616. The monoisotopic (exact) mass is 422 g/mol. The molecule has 1 N–H and O–H groups in total. The molecule has 1 heterocycles. The minimum absolute atomic E-state index is 0.156. The summed E-state index contributed by atoms with van der Waals surface area (Å²) in [5.41, 5.74) is 0.887. The molecule has 1 aromatic rings. The Kier molecular flexibility index (Phi) is 9.83. The number of carbonyl (C=O) groups is 3. The maximum Gasteiger partial charge on any atom is 0.410 e. The molecule has 0 bridgehead atoms. The molecule has 1 unspecified atom stereocenters. The normalized spacial score (nSPS) is 17.3. The third kappa shape index (κ3) is 7.27. The first-order valence-corrected chi connectivity index (χ1v) is 11.4. The average Bonchev–Trinajstić information content (AvgIpc) is 2.75. The Morgan fingerprint density at radius 1 is 1.21 bits per heavy atom. The number of likely N-dealkylation sites (tertiary alicyclic amines) is 1. The minimum Gasteiger partial charge on any atom is -0.464 e. The number of rotatable bonds is 9. The average molecular weight is 423 g/mol. The predicted octanol–water partition coefficient (Wildman–Crippen LogP) is 2.98. The third-order valence-electron chi connectivity index (χ3n) is 4.74. The van der Waals surface area contributed by atoms with Crippen LogP contribution >= 0.6 is 11.8 Å².